The van der Waals surface area contributed by atoms with Crippen LogP contribution >= 0.6 is 11.8 Å². The summed E-state index contributed by atoms with van der Waals surface area (Å²) in [5.74, 6) is 1.47. The average molecular weight is 310 g/mol. The van der Waals surface area contributed by atoms with E-state index in [9.17, 15) is 0 Å². The Morgan fingerprint density at radius 3 is 2.62 bits per heavy atom. The molecule has 1 fully saturated rings. The van der Waals surface area contributed by atoms with E-state index in [-0.39, 0.29) is 0 Å². The largest absolute Gasteiger partial charge is 0.493 e. The van der Waals surface area contributed by atoms with E-state index in [4.69, 9.17) is 9.47 Å². The van der Waals surface area contributed by atoms with Crippen LogP contribution in [-0.2, 0) is 6.54 Å². The molecule has 118 valence electrons. The Balaban J connectivity index is 1.96. The number of methoxy groups -OCH3 is 2. The first kappa shape index (κ1) is 16.4. The van der Waals surface area contributed by atoms with Crippen LogP contribution < -0.4 is 14.8 Å². The topological polar surface area (TPSA) is 43.4 Å². The molecule has 1 aliphatic carbocycles. The van der Waals surface area contributed by atoms with Crippen LogP contribution in [-0.4, -0.2) is 36.8 Å². The molecule has 1 N–H and O–H groups in total. The van der Waals surface area contributed by atoms with Crippen molar-refractivity contribution in [2.45, 2.75) is 43.4 Å². The second kappa shape index (κ2) is 7.90. The molecular formula is C16H26N2O2S. The number of aromatic nitrogens is 1. The van der Waals surface area contributed by atoms with Crippen LogP contribution in [0.1, 0.15) is 37.8 Å². The van der Waals surface area contributed by atoms with Crippen LogP contribution in [0, 0.1) is 0 Å². The van der Waals surface area contributed by atoms with Crippen LogP contribution in [0.4, 0.5) is 0 Å². The normalized spacial score (nSPS) is 17.5. The summed E-state index contributed by atoms with van der Waals surface area (Å²) >= 11 is 2.01. The zero-order valence-electron chi connectivity index (χ0n) is 13.3. The number of hydrogen-bond acceptors (Lipinski definition) is 5. The maximum absolute atomic E-state index is 5.43. The third kappa shape index (κ3) is 4.04. The number of ether oxygens (including phenoxy) is 2. The van der Waals surface area contributed by atoms with Gasteiger partial charge < -0.3 is 14.8 Å². The lowest BCUT2D eigenvalue weighted by Crippen LogP contribution is -2.39. The first-order valence-electron chi connectivity index (χ1n) is 7.56. The number of hydrogen-bond donors (Lipinski definition) is 1. The first-order valence-corrected chi connectivity index (χ1v) is 8.79. The Bertz CT molecular complexity index is 448. The Kier molecular flexibility index (Phi) is 6.18. The van der Waals surface area contributed by atoms with E-state index in [1.807, 2.05) is 17.8 Å². The van der Waals surface area contributed by atoms with Crippen molar-refractivity contribution >= 4 is 11.8 Å². The summed E-state index contributed by atoms with van der Waals surface area (Å²) in [7, 11) is 3.31. The van der Waals surface area contributed by atoms with Crippen molar-refractivity contribution in [3.8, 4) is 11.5 Å². The van der Waals surface area contributed by atoms with E-state index < -0.39 is 0 Å². The maximum atomic E-state index is 5.43. The predicted molar refractivity (Wildman–Crippen MR) is 88.4 cm³/mol. The smallest absolute Gasteiger partial charge is 0.183 e. The summed E-state index contributed by atoms with van der Waals surface area (Å²) < 4.78 is 11.1. The van der Waals surface area contributed by atoms with Crippen LogP contribution in [0.5, 0.6) is 11.5 Å². The van der Waals surface area contributed by atoms with Crippen LogP contribution in [0.25, 0.3) is 0 Å². The molecule has 4 nitrogen and oxygen atoms in total. The summed E-state index contributed by atoms with van der Waals surface area (Å²) in [6.45, 7) is 1.74. The van der Waals surface area contributed by atoms with Gasteiger partial charge in [-0.05, 0) is 19.1 Å². The van der Waals surface area contributed by atoms with Crippen LogP contribution in [0.15, 0.2) is 12.3 Å². The SMILES string of the molecule is COc1ccnc(CNCC2(SC)CCCCC2)c1OC. The molecule has 21 heavy (non-hydrogen) atoms. The highest BCUT2D eigenvalue weighted by atomic mass is 32.2. The maximum Gasteiger partial charge on any atom is 0.183 e. The molecule has 0 radical (unpaired) electrons. The van der Waals surface area contributed by atoms with Gasteiger partial charge in [0.15, 0.2) is 11.5 Å². The van der Waals surface area contributed by atoms with E-state index in [0.29, 0.717) is 11.3 Å². The van der Waals surface area contributed by atoms with Crippen molar-refractivity contribution in [2.24, 2.45) is 0 Å². The standard InChI is InChI=1S/C16H26N2O2S/c1-19-14-7-10-18-13(15(14)20-2)11-17-12-16(21-3)8-5-4-6-9-16/h7,10,17H,4-6,8-9,11-12H2,1-3H3. The molecule has 0 aromatic carbocycles. The summed E-state index contributed by atoms with van der Waals surface area (Å²) in [4.78, 5) is 4.42. The summed E-state index contributed by atoms with van der Waals surface area (Å²) in [6.07, 6.45) is 10.7. The van der Waals surface area contributed by atoms with Gasteiger partial charge in [-0.3, -0.25) is 4.98 Å². The fourth-order valence-electron chi connectivity index (χ4n) is 3.03. The van der Waals surface area contributed by atoms with Crippen LogP contribution in [0.2, 0.25) is 0 Å². The minimum absolute atomic E-state index is 0.393. The molecule has 0 amide bonds. The van der Waals surface area contributed by atoms with Gasteiger partial charge in [-0.25, -0.2) is 0 Å². The number of nitrogens with one attached hydrogen (secondary N) is 1. The third-order valence-electron chi connectivity index (χ3n) is 4.30. The van der Waals surface area contributed by atoms with Gasteiger partial charge in [-0.15, -0.1) is 0 Å². The highest BCUT2D eigenvalue weighted by Gasteiger charge is 2.30. The van der Waals surface area contributed by atoms with Gasteiger partial charge in [0.2, 0.25) is 0 Å². The van der Waals surface area contributed by atoms with Crippen molar-refractivity contribution in [3.05, 3.63) is 18.0 Å². The van der Waals surface area contributed by atoms with Gasteiger partial charge in [-0.2, -0.15) is 11.8 Å². The van der Waals surface area contributed by atoms with Crippen molar-refractivity contribution in [2.75, 3.05) is 27.0 Å². The monoisotopic (exact) mass is 310 g/mol. The average Bonchev–Trinajstić information content (AvgIpc) is 2.55. The van der Waals surface area contributed by atoms with Gasteiger partial charge in [0, 0.05) is 30.1 Å². The van der Waals surface area contributed by atoms with Crippen molar-refractivity contribution in [1.29, 1.82) is 0 Å². The van der Waals surface area contributed by atoms with E-state index in [1.165, 1.54) is 32.1 Å². The fourth-order valence-corrected chi connectivity index (χ4v) is 3.98. The lowest BCUT2D eigenvalue weighted by atomic mass is 9.88. The molecule has 1 saturated carbocycles. The molecule has 1 heterocycles. The molecule has 0 unspecified atom stereocenters. The second-order valence-electron chi connectivity index (χ2n) is 5.54. The first-order chi connectivity index (χ1) is 10.2. The Morgan fingerprint density at radius 2 is 2.00 bits per heavy atom. The van der Waals surface area contributed by atoms with E-state index >= 15 is 0 Å². The van der Waals surface area contributed by atoms with Gasteiger partial charge in [0.25, 0.3) is 0 Å². The molecule has 0 atom stereocenters. The quantitative estimate of drug-likeness (QED) is 0.837. The molecule has 0 spiro atoms. The molecular weight excluding hydrogens is 284 g/mol. The van der Waals surface area contributed by atoms with E-state index in [0.717, 1.165) is 23.7 Å². The Morgan fingerprint density at radius 1 is 1.24 bits per heavy atom. The molecule has 0 aliphatic heterocycles. The molecule has 0 bridgehead atoms. The van der Waals surface area contributed by atoms with Gasteiger partial charge in [-0.1, -0.05) is 19.3 Å². The highest BCUT2D eigenvalue weighted by Crippen LogP contribution is 2.38. The zero-order chi connectivity index (χ0) is 15.1. The summed E-state index contributed by atoms with van der Waals surface area (Å²) in [5, 5.41) is 3.57. The molecule has 0 saturated heterocycles. The number of thioether (sulfide) groups is 1. The second-order valence-corrected chi connectivity index (χ2v) is 6.82. The molecule has 1 aromatic heterocycles. The van der Waals surface area contributed by atoms with Crippen molar-refractivity contribution in [1.82, 2.24) is 10.3 Å². The number of nitrogens with zero attached hydrogens (tertiary/aromatic N) is 1. The zero-order valence-corrected chi connectivity index (χ0v) is 14.1. The van der Waals surface area contributed by atoms with E-state index in [1.54, 1.807) is 20.4 Å². The molecule has 2 rings (SSSR count). The fraction of sp³-hybridized carbons (Fsp3) is 0.688. The third-order valence-corrected chi connectivity index (χ3v) is 5.72. The highest BCUT2D eigenvalue weighted by molar-refractivity contribution is 8.00. The summed E-state index contributed by atoms with van der Waals surface area (Å²) in [6, 6.07) is 1.83. The van der Waals surface area contributed by atoms with Gasteiger partial charge in [0.05, 0.1) is 19.9 Å². The molecule has 1 aliphatic rings. The van der Waals surface area contributed by atoms with Gasteiger partial charge >= 0.3 is 0 Å². The molecule has 1 aromatic rings. The van der Waals surface area contributed by atoms with E-state index in [2.05, 4.69) is 16.6 Å². The van der Waals surface area contributed by atoms with Gasteiger partial charge in [0.1, 0.15) is 0 Å². The Hall–Kier alpha value is -0.940. The number of rotatable bonds is 7. The van der Waals surface area contributed by atoms with Crippen molar-refractivity contribution < 1.29 is 9.47 Å². The predicted octanol–water partition coefficient (Wildman–Crippen LogP) is 3.25. The lowest BCUT2D eigenvalue weighted by molar-refractivity contribution is 0.345. The Labute approximate surface area is 132 Å². The van der Waals surface area contributed by atoms with Crippen LogP contribution in [0.3, 0.4) is 0 Å². The summed E-state index contributed by atoms with van der Waals surface area (Å²) in [5.41, 5.74) is 0.906. The van der Waals surface area contributed by atoms with Crippen molar-refractivity contribution in [3.63, 3.8) is 0 Å². The number of pyridine rings is 1. The minimum atomic E-state index is 0.393. The molecule has 5 heteroatoms. The minimum Gasteiger partial charge on any atom is -0.493 e. The lowest BCUT2D eigenvalue weighted by Gasteiger charge is -2.36.